The Balaban J connectivity index is 2.22. The lowest BCUT2D eigenvalue weighted by molar-refractivity contribution is -0.182. The number of benzene rings is 1. The Morgan fingerprint density at radius 2 is 2.12 bits per heavy atom. The first kappa shape index (κ1) is 12.4. The monoisotopic (exact) mass is 238 g/mol. The van der Waals surface area contributed by atoms with E-state index in [4.69, 9.17) is 19.3 Å². The van der Waals surface area contributed by atoms with Gasteiger partial charge in [-0.2, -0.15) is 0 Å². The van der Waals surface area contributed by atoms with Gasteiger partial charge in [0.25, 0.3) is 0 Å². The third kappa shape index (κ3) is 2.29. The normalized spacial score (nSPS) is 28.3. The van der Waals surface area contributed by atoms with Gasteiger partial charge in [0.15, 0.2) is 5.79 Å². The summed E-state index contributed by atoms with van der Waals surface area (Å²) in [6.45, 7) is 2.41. The fraction of sp³-hybridized carbons (Fsp3) is 0.538. The van der Waals surface area contributed by atoms with E-state index in [0.717, 1.165) is 11.3 Å². The molecule has 94 valence electrons. The lowest BCUT2D eigenvalue weighted by Crippen LogP contribution is -2.27. The lowest BCUT2D eigenvalue weighted by Gasteiger charge is -2.27. The van der Waals surface area contributed by atoms with Crippen LogP contribution in [0.3, 0.4) is 0 Å². The topological polar surface area (TPSA) is 47.9 Å². The second kappa shape index (κ2) is 5.04. The van der Waals surface area contributed by atoms with Gasteiger partial charge in [0.05, 0.1) is 20.3 Å². The van der Waals surface area contributed by atoms with E-state index in [0.29, 0.717) is 13.0 Å². The number of aliphatic hydroxyl groups is 1. The molecular weight excluding hydrogens is 220 g/mol. The van der Waals surface area contributed by atoms with E-state index in [1.807, 2.05) is 31.2 Å². The van der Waals surface area contributed by atoms with Crippen LogP contribution in [0.5, 0.6) is 5.75 Å². The highest BCUT2D eigenvalue weighted by molar-refractivity contribution is 5.30. The molecule has 1 fully saturated rings. The standard InChI is InChI=1S/C13H18O4/c1-3-13(16-9-12(8-14)17-13)10-4-6-11(15-2)7-5-10/h4-7,12,14H,3,8-9H2,1-2H3. The largest absolute Gasteiger partial charge is 0.497 e. The third-order valence-electron chi connectivity index (χ3n) is 3.06. The van der Waals surface area contributed by atoms with Crippen LogP contribution in [0.1, 0.15) is 18.9 Å². The average Bonchev–Trinajstić information content (AvgIpc) is 2.84. The van der Waals surface area contributed by atoms with Gasteiger partial charge in [-0.1, -0.05) is 6.92 Å². The summed E-state index contributed by atoms with van der Waals surface area (Å²) in [6.07, 6.45) is 0.465. The molecule has 0 radical (unpaired) electrons. The Hall–Kier alpha value is -1.10. The second-order valence-corrected chi connectivity index (χ2v) is 4.07. The highest BCUT2D eigenvalue weighted by atomic mass is 16.7. The van der Waals surface area contributed by atoms with Crippen LogP contribution in [-0.4, -0.2) is 31.5 Å². The number of ether oxygens (including phenoxy) is 3. The first-order valence-electron chi connectivity index (χ1n) is 5.81. The summed E-state index contributed by atoms with van der Waals surface area (Å²) in [5.74, 6) is 0.0800. The zero-order chi connectivity index (χ0) is 12.3. The molecule has 2 rings (SSSR count). The van der Waals surface area contributed by atoms with Gasteiger partial charge in [0, 0.05) is 12.0 Å². The fourth-order valence-electron chi connectivity index (χ4n) is 2.04. The molecule has 1 saturated heterocycles. The van der Waals surface area contributed by atoms with Crippen molar-refractivity contribution in [1.82, 2.24) is 0 Å². The molecule has 0 aromatic heterocycles. The SMILES string of the molecule is CCC1(c2ccc(OC)cc2)OCC(CO)O1. The van der Waals surface area contributed by atoms with Crippen LogP contribution in [-0.2, 0) is 15.3 Å². The van der Waals surface area contributed by atoms with E-state index >= 15 is 0 Å². The summed E-state index contributed by atoms with van der Waals surface area (Å²) < 4.78 is 16.6. The van der Waals surface area contributed by atoms with Gasteiger partial charge in [-0.3, -0.25) is 0 Å². The Kier molecular flexibility index (Phi) is 3.66. The molecule has 4 heteroatoms. The minimum Gasteiger partial charge on any atom is -0.497 e. The zero-order valence-electron chi connectivity index (χ0n) is 10.2. The first-order chi connectivity index (χ1) is 8.24. The van der Waals surface area contributed by atoms with Crippen molar-refractivity contribution < 1.29 is 19.3 Å². The van der Waals surface area contributed by atoms with Crippen LogP contribution in [0.2, 0.25) is 0 Å². The summed E-state index contributed by atoms with van der Waals surface area (Å²) in [6, 6.07) is 7.63. The van der Waals surface area contributed by atoms with Crippen LogP contribution >= 0.6 is 0 Å². The van der Waals surface area contributed by atoms with Crippen molar-refractivity contribution in [3.8, 4) is 5.75 Å². The molecule has 1 aromatic rings. The van der Waals surface area contributed by atoms with Crippen LogP contribution in [0.25, 0.3) is 0 Å². The average molecular weight is 238 g/mol. The Labute approximate surface area is 101 Å². The van der Waals surface area contributed by atoms with E-state index in [9.17, 15) is 0 Å². The van der Waals surface area contributed by atoms with E-state index < -0.39 is 5.79 Å². The predicted octanol–water partition coefficient (Wildman–Crippen LogP) is 1.67. The number of rotatable bonds is 4. The maximum absolute atomic E-state index is 9.10. The molecule has 4 nitrogen and oxygen atoms in total. The summed E-state index contributed by atoms with van der Waals surface area (Å²) in [5.41, 5.74) is 0.955. The minimum atomic E-state index is -0.723. The Morgan fingerprint density at radius 1 is 1.41 bits per heavy atom. The molecular formula is C13H18O4. The Bertz CT molecular complexity index is 362. The van der Waals surface area contributed by atoms with Gasteiger partial charge >= 0.3 is 0 Å². The van der Waals surface area contributed by atoms with Gasteiger partial charge < -0.3 is 19.3 Å². The van der Waals surface area contributed by atoms with Gasteiger partial charge in [0.1, 0.15) is 11.9 Å². The third-order valence-corrected chi connectivity index (χ3v) is 3.06. The summed E-state index contributed by atoms with van der Waals surface area (Å²) in [4.78, 5) is 0. The van der Waals surface area contributed by atoms with Gasteiger partial charge in [-0.15, -0.1) is 0 Å². The first-order valence-corrected chi connectivity index (χ1v) is 5.81. The smallest absolute Gasteiger partial charge is 0.195 e. The molecule has 0 spiro atoms. The lowest BCUT2D eigenvalue weighted by atomic mass is 10.0. The van der Waals surface area contributed by atoms with Crippen molar-refractivity contribution in [2.45, 2.75) is 25.2 Å². The molecule has 2 unspecified atom stereocenters. The molecule has 1 aliphatic heterocycles. The Morgan fingerprint density at radius 3 is 2.59 bits per heavy atom. The molecule has 0 amide bonds. The van der Waals surface area contributed by atoms with E-state index in [-0.39, 0.29) is 12.7 Å². The second-order valence-electron chi connectivity index (χ2n) is 4.07. The van der Waals surface area contributed by atoms with Crippen LogP contribution in [0.4, 0.5) is 0 Å². The molecule has 0 aliphatic carbocycles. The summed E-state index contributed by atoms with van der Waals surface area (Å²) >= 11 is 0. The number of methoxy groups -OCH3 is 1. The quantitative estimate of drug-likeness (QED) is 0.866. The van der Waals surface area contributed by atoms with Gasteiger partial charge in [-0.05, 0) is 24.3 Å². The molecule has 1 N–H and O–H groups in total. The summed E-state index contributed by atoms with van der Waals surface area (Å²) in [7, 11) is 1.63. The summed E-state index contributed by atoms with van der Waals surface area (Å²) in [5, 5.41) is 9.10. The van der Waals surface area contributed by atoms with Crippen LogP contribution in [0.15, 0.2) is 24.3 Å². The van der Waals surface area contributed by atoms with Crippen molar-refractivity contribution in [2.24, 2.45) is 0 Å². The van der Waals surface area contributed by atoms with Crippen molar-refractivity contribution >= 4 is 0 Å². The molecule has 1 heterocycles. The van der Waals surface area contributed by atoms with Crippen molar-refractivity contribution in [3.05, 3.63) is 29.8 Å². The van der Waals surface area contributed by atoms with E-state index in [1.54, 1.807) is 7.11 Å². The maximum Gasteiger partial charge on any atom is 0.195 e. The maximum atomic E-state index is 9.10. The van der Waals surface area contributed by atoms with Crippen LogP contribution < -0.4 is 4.74 Å². The highest BCUT2D eigenvalue weighted by Crippen LogP contribution is 2.37. The molecule has 17 heavy (non-hydrogen) atoms. The molecule has 2 atom stereocenters. The number of hydrogen-bond acceptors (Lipinski definition) is 4. The molecule has 1 aromatic carbocycles. The zero-order valence-corrected chi connectivity index (χ0v) is 10.2. The minimum absolute atomic E-state index is 0.0160. The van der Waals surface area contributed by atoms with Gasteiger partial charge in [-0.25, -0.2) is 0 Å². The van der Waals surface area contributed by atoms with Crippen molar-refractivity contribution in [2.75, 3.05) is 20.3 Å². The highest BCUT2D eigenvalue weighted by Gasteiger charge is 2.41. The molecule has 1 aliphatic rings. The fourth-order valence-corrected chi connectivity index (χ4v) is 2.04. The van der Waals surface area contributed by atoms with E-state index in [1.165, 1.54) is 0 Å². The van der Waals surface area contributed by atoms with Crippen LogP contribution in [0, 0.1) is 0 Å². The number of hydrogen-bond donors (Lipinski definition) is 1. The number of aliphatic hydroxyl groups excluding tert-OH is 1. The molecule has 0 bridgehead atoms. The van der Waals surface area contributed by atoms with Crippen molar-refractivity contribution in [1.29, 1.82) is 0 Å². The van der Waals surface area contributed by atoms with Gasteiger partial charge in [0.2, 0.25) is 0 Å². The molecule has 0 saturated carbocycles. The van der Waals surface area contributed by atoms with Crippen molar-refractivity contribution in [3.63, 3.8) is 0 Å². The predicted molar refractivity (Wildman–Crippen MR) is 62.9 cm³/mol. The van der Waals surface area contributed by atoms with E-state index in [2.05, 4.69) is 0 Å².